The number of aromatic nitrogens is 2. The largest absolute Gasteiger partial charge is 0.423 e. The fourth-order valence-electron chi connectivity index (χ4n) is 2.25. The van der Waals surface area contributed by atoms with Crippen molar-refractivity contribution in [3.05, 3.63) is 51.8 Å². The average Bonchev–Trinajstić information content (AvgIpc) is 2.82. The highest BCUT2D eigenvalue weighted by molar-refractivity contribution is 6.30. The molecule has 0 saturated carbocycles. The molecule has 0 N–H and O–H groups in total. The summed E-state index contributed by atoms with van der Waals surface area (Å²) >= 11 is 5.94. The maximum Gasteiger partial charge on any atom is 0.362 e. The number of hydrogen-bond donors (Lipinski definition) is 0. The molecule has 106 valence electrons. The molecular formula is C15H11ClN2O3. The molecule has 0 fully saturated rings. The number of carbonyl (C=O) groups excluding carboxylic acids is 1. The molecule has 1 aromatic carbocycles. The second-order valence-corrected chi connectivity index (χ2v) is 5.00. The van der Waals surface area contributed by atoms with Crippen LogP contribution in [0.3, 0.4) is 0 Å². The first kappa shape index (κ1) is 13.6. The van der Waals surface area contributed by atoms with Gasteiger partial charge in [-0.05, 0) is 13.0 Å². The zero-order chi connectivity index (χ0) is 15.1. The van der Waals surface area contributed by atoms with Crippen molar-refractivity contribution >= 4 is 28.4 Å². The predicted octanol–water partition coefficient (Wildman–Crippen LogP) is 3.28. The number of para-hydroxylation sites is 1. The Labute approximate surface area is 124 Å². The molecule has 2 aromatic heterocycles. The molecule has 0 aliphatic rings. The van der Waals surface area contributed by atoms with Gasteiger partial charge >= 0.3 is 5.63 Å². The summed E-state index contributed by atoms with van der Waals surface area (Å²) < 4.78 is 6.54. The number of fused-ring (bicyclic) bond motifs is 1. The molecule has 0 atom stereocenters. The molecule has 2 heterocycles. The smallest absolute Gasteiger partial charge is 0.362 e. The van der Waals surface area contributed by atoms with Gasteiger partial charge in [-0.1, -0.05) is 29.8 Å². The first-order chi connectivity index (χ1) is 9.99. The summed E-state index contributed by atoms with van der Waals surface area (Å²) in [7, 11) is 0. The summed E-state index contributed by atoms with van der Waals surface area (Å²) in [5, 5.41) is 0.872. The molecule has 5 nitrogen and oxygen atoms in total. The number of halogens is 1. The van der Waals surface area contributed by atoms with Gasteiger partial charge in [-0.3, -0.25) is 9.36 Å². The number of nitrogens with zero attached hydrogens (tertiary/aromatic N) is 2. The first-order valence-corrected chi connectivity index (χ1v) is 6.65. The van der Waals surface area contributed by atoms with Gasteiger partial charge in [0, 0.05) is 24.1 Å². The fraction of sp³-hybridized carbons (Fsp3) is 0.133. The minimum atomic E-state index is -0.580. The van der Waals surface area contributed by atoms with Crippen LogP contribution in [0.5, 0.6) is 0 Å². The maximum atomic E-state index is 12.0. The molecular weight excluding hydrogens is 292 g/mol. The van der Waals surface area contributed by atoms with Crippen molar-refractivity contribution in [3.63, 3.8) is 0 Å². The second kappa shape index (κ2) is 4.86. The van der Waals surface area contributed by atoms with E-state index in [0.717, 1.165) is 5.39 Å². The van der Waals surface area contributed by atoms with Crippen LogP contribution >= 0.6 is 11.6 Å². The van der Waals surface area contributed by atoms with Gasteiger partial charge < -0.3 is 4.42 Å². The lowest BCUT2D eigenvalue weighted by Gasteiger charge is -2.00. The van der Waals surface area contributed by atoms with Crippen LogP contribution in [0.1, 0.15) is 17.5 Å². The first-order valence-electron chi connectivity index (χ1n) is 6.27. The predicted molar refractivity (Wildman–Crippen MR) is 79.8 cm³/mol. The van der Waals surface area contributed by atoms with E-state index in [-0.39, 0.29) is 22.5 Å². The van der Waals surface area contributed by atoms with Crippen molar-refractivity contribution < 1.29 is 9.21 Å². The van der Waals surface area contributed by atoms with Crippen LogP contribution in [-0.2, 0) is 0 Å². The third kappa shape index (κ3) is 2.15. The number of carbonyl (C=O) groups is 1. The van der Waals surface area contributed by atoms with Crippen LogP contribution in [0.25, 0.3) is 22.2 Å². The molecule has 0 amide bonds. The Bertz CT molecular complexity index is 924. The van der Waals surface area contributed by atoms with Crippen LogP contribution in [0.15, 0.2) is 39.7 Å². The van der Waals surface area contributed by atoms with Crippen LogP contribution in [0.4, 0.5) is 0 Å². The topological polar surface area (TPSA) is 65.1 Å². The summed E-state index contributed by atoms with van der Waals surface area (Å²) in [6, 6.07) is 7.27. The molecule has 0 aliphatic carbocycles. The van der Waals surface area contributed by atoms with Gasteiger partial charge in [0.2, 0.25) is 5.91 Å². The molecule has 6 heteroatoms. The highest BCUT2D eigenvalue weighted by atomic mass is 35.5. The van der Waals surface area contributed by atoms with Gasteiger partial charge in [0.05, 0.1) is 5.52 Å². The second-order valence-electron chi connectivity index (χ2n) is 4.65. The lowest BCUT2D eigenvalue weighted by atomic mass is 10.1. The normalized spacial score (nSPS) is 11.0. The Hall–Kier alpha value is -2.40. The van der Waals surface area contributed by atoms with Crippen LogP contribution in [0, 0.1) is 6.92 Å². The summed E-state index contributed by atoms with van der Waals surface area (Å²) in [5.41, 5.74) is 0.750. The van der Waals surface area contributed by atoms with E-state index in [1.165, 1.54) is 11.5 Å². The van der Waals surface area contributed by atoms with Gasteiger partial charge in [-0.15, -0.1) is 0 Å². The van der Waals surface area contributed by atoms with Gasteiger partial charge in [0.15, 0.2) is 10.8 Å². The Morgan fingerprint density at radius 3 is 2.76 bits per heavy atom. The molecule has 0 saturated heterocycles. The van der Waals surface area contributed by atoms with Gasteiger partial charge in [-0.2, -0.15) is 0 Å². The Kier molecular flexibility index (Phi) is 3.14. The molecule has 21 heavy (non-hydrogen) atoms. The lowest BCUT2D eigenvalue weighted by molar-refractivity contribution is 0.0941. The van der Waals surface area contributed by atoms with Crippen LogP contribution in [-0.4, -0.2) is 15.5 Å². The monoisotopic (exact) mass is 302 g/mol. The number of aryl methyl sites for hydroxylation is 1. The Morgan fingerprint density at radius 2 is 2.05 bits per heavy atom. The van der Waals surface area contributed by atoms with E-state index in [9.17, 15) is 9.59 Å². The Morgan fingerprint density at radius 1 is 1.33 bits per heavy atom. The molecule has 3 aromatic rings. The van der Waals surface area contributed by atoms with E-state index in [4.69, 9.17) is 16.0 Å². The SMILES string of the molecule is CC(=O)n1cc(-c2nc(Cl)c(C)oc2=O)c2ccccc21. The standard InChI is InChI=1S/C15H11ClN2O3/c1-8-14(16)17-13(15(20)21-8)11-7-18(9(2)19)12-6-4-3-5-10(11)12/h3-7H,1-2H3. The molecule has 0 aliphatic heterocycles. The molecule has 0 spiro atoms. The van der Waals surface area contributed by atoms with E-state index < -0.39 is 5.63 Å². The van der Waals surface area contributed by atoms with Crippen molar-refractivity contribution in [1.82, 2.24) is 9.55 Å². The third-order valence-corrected chi connectivity index (χ3v) is 3.60. The summed E-state index contributed by atoms with van der Waals surface area (Å²) in [5.74, 6) is 0.112. The van der Waals surface area contributed by atoms with Crippen molar-refractivity contribution in [1.29, 1.82) is 0 Å². The van der Waals surface area contributed by atoms with Gasteiger partial charge in [-0.25, -0.2) is 9.78 Å². The highest BCUT2D eigenvalue weighted by Gasteiger charge is 2.18. The molecule has 0 radical (unpaired) electrons. The zero-order valence-electron chi connectivity index (χ0n) is 11.4. The maximum absolute atomic E-state index is 12.0. The van der Waals surface area contributed by atoms with Crippen LogP contribution in [0.2, 0.25) is 5.15 Å². The van der Waals surface area contributed by atoms with E-state index in [2.05, 4.69) is 4.98 Å². The van der Waals surface area contributed by atoms with E-state index >= 15 is 0 Å². The number of hydrogen-bond acceptors (Lipinski definition) is 4. The molecule has 3 rings (SSSR count). The lowest BCUT2D eigenvalue weighted by Crippen LogP contribution is -2.07. The van der Waals surface area contributed by atoms with Crippen LogP contribution < -0.4 is 5.63 Å². The highest BCUT2D eigenvalue weighted by Crippen LogP contribution is 2.28. The van der Waals surface area contributed by atoms with Crippen molar-refractivity contribution in [2.75, 3.05) is 0 Å². The minimum absolute atomic E-state index is 0.0989. The molecule has 0 bridgehead atoms. The average molecular weight is 303 g/mol. The van der Waals surface area contributed by atoms with E-state index in [1.54, 1.807) is 19.2 Å². The van der Waals surface area contributed by atoms with E-state index in [0.29, 0.717) is 11.1 Å². The summed E-state index contributed by atoms with van der Waals surface area (Å²) in [6.45, 7) is 3.02. The summed E-state index contributed by atoms with van der Waals surface area (Å²) in [4.78, 5) is 27.9. The van der Waals surface area contributed by atoms with Crippen molar-refractivity contribution in [3.8, 4) is 11.3 Å². The number of benzene rings is 1. The van der Waals surface area contributed by atoms with Gasteiger partial charge in [0.1, 0.15) is 5.76 Å². The van der Waals surface area contributed by atoms with E-state index in [1.807, 2.05) is 18.2 Å². The quantitative estimate of drug-likeness (QED) is 0.692. The third-order valence-electron chi connectivity index (χ3n) is 3.25. The Balaban J connectivity index is 2.39. The van der Waals surface area contributed by atoms with Gasteiger partial charge in [0.25, 0.3) is 0 Å². The van der Waals surface area contributed by atoms with Crippen molar-refractivity contribution in [2.45, 2.75) is 13.8 Å². The minimum Gasteiger partial charge on any atom is -0.423 e. The number of rotatable bonds is 1. The zero-order valence-corrected chi connectivity index (χ0v) is 12.1. The van der Waals surface area contributed by atoms with Crippen molar-refractivity contribution in [2.24, 2.45) is 0 Å². The molecule has 0 unspecified atom stereocenters. The summed E-state index contributed by atoms with van der Waals surface area (Å²) in [6.07, 6.45) is 1.58. The fourth-order valence-corrected chi connectivity index (χ4v) is 2.37.